The van der Waals surface area contributed by atoms with Gasteiger partial charge in [0.2, 0.25) is 0 Å². The van der Waals surface area contributed by atoms with Gasteiger partial charge < -0.3 is 9.72 Å². The molecule has 0 unspecified atom stereocenters. The summed E-state index contributed by atoms with van der Waals surface area (Å²) < 4.78 is 5.32. The summed E-state index contributed by atoms with van der Waals surface area (Å²) in [6.45, 7) is 4.60. The van der Waals surface area contributed by atoms with Crippen molar-refractivity contribution in [2.45, 2.75) is 6.42 Å². The van der Waals surface area contributed by atoms with Gasteiger partial charge in [-0.3, -0.25) is 5.43 Å². The molecule has 1 aliphatic rings. The molecule has 0 spiro atoms. The Kier molecular flexibility index (Phi) is 3.59. The molecular weight excluding hydrogens is 226 g/mol. The number of H-pyrrole nitrogens is 1. The van der Waals surface area contributed by atoms with E-state index in [-0.39, 0.29) is 0 Å². The summed E-state index contributed by atoms with van der Waals surface area (Å²) in [4.78, 5) is 3.32. The minimum atomic E-state index is 0.833. The zero-order valence-corrected chi connectivity index (χ0v) is 10.5. The Morgan fingerprint density at radius 3 is 2.94 bits per heavy atom. The number of fused-ring (bicyclic) bond motifs is 1. The van der Waals surface area contributed by atoms with Gasteiger partial charge in [0.15, 0.2) is 0 Å². The summed E-state index contributed by atoms with van der Waals surface area (Å²) in [6.07, 6.45) is 3.16. The number of nitrogens with one attached hydrogen (secondary N) is 2. The van der Waals surface area contributed by atoms with Crippen LogP contribution in [-0.4, -0.2) is 42.8 Å². The Morgan fingerprint density at radius 1 is 1.22 bits per heavy atom. The molecule has 1 aromatic carbocycles. The van der Waals surface area contributed by atoms with Crippen LogP contribution in [0.1, 0.15) is 5.56 Å². The molecule has 96 valence electrons. The molecule has 18 heavy (non-hydrogen) atoms. The average molecular weight is 245 g/mol. The molecule has 1 saturated heterocycles. The molecule has 1 aromatic heterocycles. The summed E-state index contributed by atoms with van der Waals surface area (Å²) in [5, 5.41) is 3.58. The van der Waals surface area contributed by atoms with Crippen LogP contribution in [-0.2, 0) is 11.2 Å². The molecule has 0 aliphatic carbocycles. The maximum Gasteiger partial charge on any atom is 0.0608 e. The number of para-hydroxylation sites is 1. The lowest BCUT2D eigenvalue weighted by Gasteiger charge is -2.27. The number of hydrogen-bond acceptors (Lipinski definition) is 3. The Bertz CT molecular complexity index is 502. The normalized spacial score (nSPS) is 17.3. The Balaban J connectivity index is 1.56. The average Bonchev–Trinajstić information content (AvgIpc) is 2.84. The van der Waals surface area contributed by atoms with Gasteiger partial charge in [-0.15, -0.1) is 0 Å². The van der Waals surface area contributed by atoms with Gasteiger partial charge in [0, 0.05) is 36.7 Å². The first-order valence-electron chi connectivity index (χ1n) is 6.55. The van der Waals surface area contributed by atoms with Crippen molar-refractivity contribution >= 4 is 10.9 Å². The van der Waals surface area contributed by atoms with Crippen molar-refractivity contribution < 1.29 is 4.74 Å². The molecule has 1 fully saturated rings. The molecule has 3 rings (SSSR count). The summed E-state index contributed by atoms with van der Waals surface area (Å²) in [7, 11) is 0. The zero-order chi connectivity index (χ0) is 12.2. The van der Waals surface area contributed by atoms with Crippen LogP contribution in [0.15, 0.2) is 30.5 Å². The summed E-state index contributed by atoms with van der Waals surface area (Å²) >= 11 is 0. The van der Waals surface area contributed by atoms with Crippen LogP contribution >= 0.6 is 0 Å². The van der Waals surface area contributed by atoms with Crippen molar-refractivity contribution in [1.29, 1.82) is 0 Å². The van der Waals surface area contributed by atoms with E-state index >= 15 is 0 Å². The lowest BCUT2D eigenvalue weighted by atomic mass is 10.1. The molecule has 1 aliphatic heterocycles. The number of hydrazine groups is 1. The second-order valence-electron chi connectivity index (χ2n) is 4.62. The smallest absolute Gasteiger partial charge is 0.0608 e. The lowest BCUT2D eigenvalue weighted by Crippen LogP contribution is -2.46. The highest BCUT2D eigenvalue weighted by molar-refractivity contribution is 5.83. The van der Waals surface area contributed by atoms with Gasteiger partial charge in [0.05, 0.1) is 13.2 Å². The number of morpholine rings is 1. The molecule has 4 nitrogen and oxygen atoms in total. The molecule has 0 bridgehead atoms. The standard InChI is InChI=1S/C14H19N3O/c1-2-4-14-13(3-1)12(11-15-14)5-6-16-17-7-9-18-10-8-17/h1-4,11,15-16H,5-10H2. The summed E-state index contributed by atoms with van der Waals surface area (Å²) in [5.41, 5.74) is 6.07. The number of nitrogens with zero attached hydrogens (tertiary/aromatic N) is 1. The van der Waals surface area contributed by atoms with Crippen LogP contribution in [0, 0.1) is 0 Å². The monoisotopic (exact) mass is 245 g/mol. The van der Waals surface area contributed by atoms with Gasteiger partial charge in [-0.05, 0) is 18.1 Å². The fourth-order valence-electron chi connectivity index (χ4n) is 2.41. The summed E-state index contributed by atoms with van der Waals surface area (Å²) in [6, 6.07) is 8.45. The highest BCUT2D eigenvalue weighted by atomic mass is 16.5. The second-order valence-corrected chi connectivity index (χ2v) is 4.62. The van der Waals surface area contributed by atoms with E-state index in [0.29, 0.717) is 0 Å². The molecule has 0 saturated carbocycles. The number of aromatic nitrogens is 1. The Morgan fingerprint density at radius 2 is 2.06 bits per heavy atom. The lowest BCUT2D eigenvalue weighted by molar-refractivity contribution is 0.0124. The van der Waals surface area contributed by atoms with Crippen molar-refractivity contribution in [1.82, 2.24) is 15.4 Å². The van der Waals surface area contributed by atoms with Crippen molar-refractivity contribution in [3.8, 4) is 0 Å². The van der Waals surface area contributed by atoms with Crippen molar-refractivity contribution in [3.05, 3.63) is 36.0 Å². The van der Waals surface area contributed by atoms with Crippen LogP contribution in [0.25, 0.3) is 10.9 Å². The second kappa shape index (κ2) is 5.52. The van der Waals surface area contributed by atoms with Crippen LogP contribution in [0.3, 0.4) is 0 Å². The molecular formula is C14H19N3O. The molecule has 0 radical (unpaired) electrons. The van der Waals surface area contributed by atoms with Gasteiger partial charge in [-0.25, -0.2) is 5.01 Å². The van der Waals surface area contributed by atoms with Gasteiger partial charge in [-0.1, -0.05) is 18.2 Å². The van der Waals surface area contributed by atoms with Gasteiger partial charge in [-0.2, -0.15) is 0 Å². The number of aromatic amines is 1. The minimum Gasteiger partial charge on any atom is -0.379 e. The predicted octanol–water partition coefficient (Wildman–Crippen LogP) is 1.55. The fraction of sp³-hybridized carbons (Fsp3) is 0.429. The van der Waals surface area contributed by atoms with E-state index < -0.39 is 0 Å². The van der Waals surface area contributed by atoms with E-state index in [1.54, 1.807) is 0 Å². The SMILES string of the molecule is c1ccc2c(CCNN3CCOCC3)c[nH]c2c1. The third-order valence-electron chi connectivity index (χ3n) is 3.42. The fourth-order valence-corrected chi connectivity index (χ4v) is 2.41. The highest BCUT2D eigenvalue weighted by Gasteiger charge is 2.09. The van der Waals surface area contributed by atoms with Gasteiger partial charge >= 0.3 is 0 Å². The molecule has 0 amide bonds. The zero-order valence-electron chi connectivity index (χ0n) is 10.5. The molecule has 4 heteroatoms. The van der Waals surface area contributed by atoms with Gasteiger partial charge in [0.25, 0.3) is 0 Å². The first-order chi connectivity index (χ1) is 8.93. The Labute approximate surface area is 107 Å². The van der Waals surface area contributed by atoms with E-state index in [2.05, 4.69) is 45.9 Å². The van der Waals surface area contributed by atoms with Crippen LogP contribution < -0.4 is 5.43 Å². The number of ether oxygens (including phenoxy) is 1. The number of rotatable bonds is 4. The maximum absolute atomic E-state index is 5.32. The van der Waals surface area contributed by atoms with E-state index in [9.17, 15) is 0 Å². The molecule has 2 aromatic rings. The van der Waals surface area contributed by atoms with Crippen LogP contribution in [0.4, 0.5) is 0 Å². The topological polar surface area (TPSA) is 40.3 Å². The van der Waals surface area contributed by atoms with Crippen molar-refractivity contribution in [2.24, 2.45) is 0 Å². The van der Waals surface area contributed by atoms with Crippen molar-refractivity contribution in [3.63, 3.8) is 0 Å². The van der Waals surface area contributed by atoms with Crippen molar-refractivity contribution in [2.75, 3.05) is 32.8 Å². The van der Waals surface area contributed by atoms with E-state index in [1.807, 2.05) is 0 Å². The maximum atomic E-state index is 5.32. The van der Waals surface area contributed by atoms with E-state index in [0.717, 1.165) is 39.3 Å². The predicted molar refractivity (Wildman–Crippen MR) is 72.4 cm³/mol. The number of hydrogen-bond donors (Lipinski definition) is 2. The van der Waals surface area contributed by atoms with Gasteiger partial charge in [0.1, 0.15) is 0 Å². The summed E-state index contributed by atoms with van der Waals surface area (Å²) in [5.74, 6) is 0. The van der Waals surface area contributed by atoms with E-state index in [1.165, 1.54) is 16.5 Å². The van der Waals surface area contributed by atoms with Crippen LogP contribution in [0.2, 0.25) is 0 Å². The van der Waals surface area contributed by atoms with E-state index in [4.69, 9.17) is 4.74 Å². The first-order valence-corrected chi connectivity index (χ1v) is 6.55. The molecule has 0 atom stereocenters. The quantitative estimate of drug-likeness (QED) is 0.858. The Hall–Kier alpha value is -1.36. The highest BCUT2D eigenvalue weighted by Crippen LogP contribution is 2.17. The third-order valence-corrected chi connectivity index (χ3v) is 3.42. The largest absolute Gasteiger partial charge is 0.379 e. The molecule has 2 heterocycles. The third kappa shape index (κ3) is 2.56. The molecule has 2 N–H and O–H groups in total. The first kappa shape index (κ1) is 11.7. The minimum absolute atomic E-state index is 0.833. The number of benzene rings is 1. The van der Waals surface area contributed by atoms with Crippen LogP contribution in [0.5, 0.6) is 0 Å².